The number of aryl methyl sites for hydroxylation is 1. The van der Waals surface area contributed by atoms with E-state index in [1.165, 1.54) is 6.07 Å². The van der Waals surface area contributed by atoms with Crippen LogP contribution in [0.25, 0.3) is 0 Å². The molecule has 1 aromatic rings. The summed E-state index contributed by atoms with van der Waals surface area (Å²) in [5.41, 5.74) is -5.04. The second-order valence-electron chi connectivity index (χ2n) is 4.61. The highest BCUT2D eigenvalue weighted by Crippen LogP contribution is 2.35. The van der Waals surface area contributed by atoms with Crippen molar-refractivity contribution in [3.8, 4) is 5.75 Å². The molecule has 0 aliphatic heterocycles. The minimum absolute atomic E-state index is 0.303. The van der Waals surface area contributed by atoms with Crippen LogP contribution in [0.3, 0.4) is 0 Å². The van der Waals surface area contributed by atoms with Gasteiger partial charge in [-0.2, -0.15) is 21.6 Å². The number of benzene rings is 1. The van der Waals surface area contributed by atoms with Gasteiger partial charge in [0.2, 0.25) is 0 Å². The molecule has 1 aliphatic carbocycles. The fraction of sp³-hybridized carbons (Fsp3) is 0.417. The molecule has 1 aliphatic rings. The van der Waals surface area contributed by atoms with E-state index in [0.29, 0.717) is 30.4 Å². The number of halogens is 3. The minimum Gasteiger partial charge on any atom is -0.478 e. The predicted molar refractivity (Wildman–Crippen MR) is 65.6 cm³/mol. The van der Waals surface area contributed by atoms with Crippen molar-refractivity contribution in [3.63, 3.8) is 0 Å². The number of aromatic carboxylic acids is 1. The summed E-state index contributed by atoms with van der Waals surface area (Å²) >= 11 is 0. The second kappa shape index (κ2) is 5.21. The van der Waals surface area contributed by atoms with E-state index < -0.39 is 27.3 Å². The largest absolute Gasteiger partial charge is 0.534 e. The molecule has 0 aromatic heterocycles. The zero-order valence-corrected chi connectivity index (χ0v) is 11.4. The van der Waals surface area contributed by atoms with Gasteiger partial charge in [-0.3, -0.25) is 0 Å². The molecule has 0 unspecified atom stereocenters. The van der Waals surface area contributed by atoms with Gasteiger partial charge in [0.15, 0.2) is 0 Å². The molecule has 0 heterocycles. The fourth-order valence-corrected chi connectivity index (χ4v) is 2.67. The third kappa shape index (κ3) is 3.12. The Labute approximate surface area is 118 Å². The molecule has 5 nitrogen and oxygen atoms in total. The van der Waals surface area contributed by atoms with Crippen molar-refractivity contribution in [1.82, 2.24) is 0 Å². The van der Waals surface area contributed by atoms with Crippen molar-refractivity contribution in [1.29, 1.82) is 0 Å². The first-order valence-electron chi connectivity index (χ1n) is 6.01. The highest BCUT2D eigenvalue weighted by Gasteiger charge is 2.49. The van der Waals surface area contributed by atoms with Gasteiger partial charge in [-0.15, -0.1) is 0 Å². The summed E-state index contributed by atoms with van der Waals surface area (Å²) in [5, 5.41) is 8.94. The van der Waals surface area contributed by atoms with Crippen molar-refractivity contribution in [2.75, 3.05) is 0 Å². The average molecular weight is 324 g/mol. The van der Waals surface area contributed by atoms with E-state index in [1.54, 1.807) is 0 Å². The second-order valence-corrected chi connectivity index (χ2v) is 6.15. The Morgan fingerprint density at radius 3 is 2.38 bits per heavy atom. The van der Waals surface area contributed by atoms with Gasteiger partial charge in [-0.25, -0.2) is 4.79 Å². The molecule has 0 atom stereocenters. The van der Waals surface area contributed by atoms with Crippen LogP contribution in [0.2, 0.25) is 0 Å². The van der Waals surface area contributed by atoms with E-state index in [9.17, 15) is 26.4 Å². The normalized spacial score (nSPS) is 15.4. The van der Waals surface area contributed by atoms with Gasteiger partial charge >= 0.3 is 21.6 Å². The molecule has 0 radical (unpaired) electrons. The maximum Gasteiger partial charge on any atom is 0.534 e. The first-order chi connectivity index (χ1) is 9.62. The lowest BCUT2D eigenvalue weighted by atomic mass is 9.89. The van der Waals surface area contributed by atoms with Gasteiger partial charge in [0.25, 0.3) is 0 Å². The van der Waals surface area contributed by atoms with E-state index in [2.05, 4.69) is 4.18 Å². The summed E-state index contributed by atoms with van der Waals surface area (Å²) in [6, 6.07) is 2.15. The summed E-state index contributed by atoms with van der Waals surface area (Å²) in [6.07, 6.45) is 2.24. The standard InChI is InChI=1S/C12H11F3O5S/c13-12(14,15)21(18,19)20-10-6-8(11(16)17)5-7-3-1-2-4-9(7)10/h5-6H,1-4H2,(H,16,17). The van der Waals surface area contributed by atoms with Gasteiger partial charge in [0.05, 0.1) is 5.56 Å². The number of fused-ring (bicyclic) bond motifs is 1. The summed E-state index contributed by atoms with van der Waals surface area (Å²) in [6.45, 7) is 0. The molecule has 0 saturated carbocycles. The minimum atomic E-state index is -5.82. The Morgan fingerprint density at radius 1 is 1.19 bits per heavy atom. The molecule has 0 bridgehead atoms. The van der Waals surface area contributed by atoms with E-state index >= 15 is 0 Å². The Hall–Kier alpha value is -1.77. The monoisotopic (exact) mass is 324 g/mol. The fourth-order valence-electron chi connectivity index (χ4n) is 2.19. The predicted octanol–water partition coefficient (Wildman–Crippen LogP) is 2.49. The highest BCUT2D eigenvalue weighted by molar-refractivity contribution is 7.88. The summed E-state index contributed by atoms with van der Waals surface area (Å²) in [7, 11) is -5.82. The van der Waals surface area contributed by atoms with E-state index in [-0.39, 0.29) is 5.56 Å². The number of carbonyl (C=O) groups is 1. The molecule has 9 heteroatoms. The molecule has 2 rings (SSSR count). The van der Waals surface area contributed by atoms with E-state index in [1.807, 2.05) is 0 Å². The Balaban J connectivity index is 2.52. The molecular formula is C12H11F3O5S. The van der Waals surface area contributed by atoms with Crippen molar-refractivity contribution in [2.45, 2.75) is 31.2 Å². The first-order valence-corrected chi connectivity index (χ1v) is 7.42. The number of hydrogen-bond donors (Lipinski definition) is 1. The van der Waals surface area contributed by atoms with Crippen molar-refractivity contribution >= 4 is 16.1 Å². The Bertz CT molecular complexity index is 679. The molecule has 1 N–H and O–H groups in total. The average Bonchev–Trinajstić information content (AvgIpc) is 2.36. The van der Waals surface area contributed by atoms with Crippen molar-refractivity contribution in [2.24, 2.45) is 0 Å². The molecule has 0 amide bonds. The smallest absolute Gasteiger partial charge is 0.478 e. The van der Waals surface area contributed by atoms with Crippen LogP contribution in [0.1, 0.15) is 34.3 Å². The van der Waals surface area contributed by atoms with Gasteiger partial charge in [-0.1, -0.05) is 0 Å². The zero-order chi connectivity index (χ0) is 15.8. The van der Waals surface area contributed by atoms with Crippen molar-refractivity contribution in [3.05, 3.63) is 28.8 Å². The van der Waals surface area contributed by atoms with Crippen molar-refractivity contribution < 1.29 is 35.7 Å². The zero-order valence-electron chi connectivity index (χ0n) is 10.6. The maximum atomic E-state index is 12.4. The van der Waals surface area contributed by atoms with Gasteiger partial charge in [0, 0.05) is 0 Å². The topological polar surface area (TPSA) is 80.7 Å². The molecule has 0 spiro atoms. The third-order valence-electron chi connectivity index (χ3n) is 3.15. The number of rotatable bonds is 3. The lowest BCUT2D eigenvalue weighted by Gasteiger charge is -2.20. The number of hydrogen-bond acceptors (Lipinski definition) is 4. The van der Waals surface area contributed by atoms with Crippen LogP contribution in [0.4, 0.5) is 13.2 Å². The van der Waals surface area contributed by atoms with Crippen LogP contribution < -0.4 is 4.18 Å². The molecular weight excluding hydrogens is 313 g/mol. The van der Waals surface area contributed by atoms with Gasteiger partial charge < -0.3 is 9.29 Å². The molecule has 0 saturated heterocycles. The summed E-state index contributed by atoms with van der Waals surface area (Å²) in [4.78, 5) is 11.0. The van der Waals surface area contributed by atoms with E-state index in [0.717, 1.165) is 12.5 Å². The van der Waals surface area contributed by atoms with Gasteiger partial charge in [0.1, 0.15) is 5.75 Å². The molecule has 0 fully saturated rings. The lowest BCUT2D eigenvalue weighted by molar-refractivity contribution is -0.0500. The Morgan fingerprint density at radius 2 is 1.81 bits per heavy atom. The maximum absolute atomic E-state index is 12.4. The third-order valence-corrected chi connectivity index (χ3v) is 4.12. The highest BCUT2D eigenvalue weighted by atomic mass is 32.2. The van der Waals surface area contributed by atoms with Crippen LogP contribution in [-0.4, -0.2) is 25.0 Å². The van der Waals surface area contributed by atoms with Crippen LogP contribution in [0.15, 0.2) is 12.1 Å². The molecule has 1 aromatic carbocycles. The Kier molecular flexibility index (Phi) is 3.87. The number of carboxylic acid groups (broad SMARTS) is 1. The number of carboxylic acids is 1. The van der Waals surface area contributed by atoms with Crippen LogP contribution in [0, 0.1) is 0 Å². The first kappa shape index (κ1) is 15.6. The SMILES string of the molecule is O=C(O)c1cc2c(c(OS(=O)(=O)C(F)(F)F)c1)CCCC2. The number of alkyl halides is 3. The van der Waals surface area contributed by atoms with Crippen LogP contribution >= 0.6 is 0 Å². The van der Waals surface area contributed by atoms with Crippen LogP contribution in [0.5, 0.6) is 5.75 Å². The lowest BCUT2D eigenvalue weighted by Crippen LogP contribution is -2.28. The molecule has 116 valence electrons. The van der Waals surface area contributed by atoms with E-state index in [4.69, 9.17) is 5.11 Å². The van der Waals surface area contributed by atoms with Crippen LogP contribution in [-0.2, 0) is 23.0 Å². The summed E-state index contributed by atoms with van der Waals surface area (Å²) < 4.78 is 63.5. The molecule has 21 heavy (non-hydrogen) atoms. The summed E-state index contributed by atoms with van der Waals surface area (Å²) in [5.74, 6) is -1.92. The quantitative estimate of drug-likeness (QED) is 0.682. The van der Waals surface area contributed by atoms with Gasteiger partial charge in [-0.05, 0) is 48.9 Å².